The molecule has 0 bridgehead atoms. The van der Waals surface area contributed by atoms with Gasteiger partial charge < -0.3 is 10.0 Å². The summed E-state index contributed by atoms with van der Waals surface area (Å²) in [5.74, 6) is -1.17. The van der Waals surface area contributed by atoms with E-state index in [1.807, 2.05) is 55.5 Å². The van der Waals surface area contributed by atoms with Crippen LogP contribution in [0.2, 0.25) is 0 Å². The molecule has 0 radical (unpaired) electrons. The number of aliphatic hydroxyl groups excluding tert-OH is 1. The van der Waals surface area contributed by atoms with Crippen LogP contribution in [0.5, 0.6) is 0 Å². The molecule has 0 spiro atoms. The van der Waals surface area contributed by atoms with Crippen molar-refractivity contribution in [1.29, 1.82) is 0 Å². The number of rotatable bonds is 5. The summed E-state index contributed by atoms with van der Waals surface area (Å²) < 4.78 is 0. The van der Waals surface area contributed by atoms with Crippen molar-refractivity contribution in [2.24, 2.45) is 0 Å². The van der Waals surface area contributed by atoms with Gasteiger partial charge in [0.1, 0.15) is 0 Å². The Bertz CT molecular complexity index is 972. The van der Waals surface area contributed by atoms with Crippen molar-refractivity contribution in [3.63, 3.8) is 0 Å². The van der Waals surface area contributed by atoms with Gasteiger partial charge in [0.15, 0.2) is 11.5 Å². The summed E-state index contributed by atoms with van der Waals surface area (Å²) in [7, 11) is 0. The molecular formula is C24H26N2O3. The first-order valence-corrected chi connectivity index (χ1v) is 10.2. The zero-order valence-electron chi connectivity index (χ0n) is 16.9. The van der Waals surface area contributed by atoms with Crippen LogP contribution in [-0.4, -0.2) is 29.9 Å². The number of aryl methyl sites for hydroxylation is 1. The molecule has 2 aliphatic rings. The van der Waals surface area contributed by atoms with Crippen molar-refractivity contribution >= 4 is 23.1 Å². The smallest absolute Gasteiger partial charge is 0.294 e. The Morgan fingerprint density at radius 2 is 1.72 bits per heavy atom. The Kier molecular flexibility index (Phi) is 5.14. The highest BCUT2D eigenvalue weighted by atomic mass is 16.3. The molecule has 1 N–H and O–H groups in total. The number of ketones is 1. The fourth-order valence-corrected chi connectivity index (χ4v) is 4.30. The predicted molar refractivity (Wildman–Crippen MR) is 114 cm³/mol. The molecular weight excluding hydrogens is 364 g/mol. The van der Waals surface area contributed by atoms with Crippen LogP contribution in [0.3, 0.4) is 0 Å². The predicted octanol–water partition coefficient (Wildman–Crippen LogP) is 4.47. The molecule has 1 atom stereocenters. The van der Waals surface area contributed by atoms with Crippen molar-refractivity contribution in [3.05, 3.63) is 71.0 Å². The standard InChI is InChI=1S/C24H26N2O3/c1-3-20(27)21-22(17-8-6-7-16(2)15-17)26(24(29)23(21)28)19-11-9-18(10-12-19)25-13-4-5-14-25/h6-12,15,22,28H,3-5,13-14H2,1-2H3. The maximum absolute atomic E-state index is 13.0. The van der Waals surface area contributed by atoms with E-state index in [0.29, 0.717) is 5.69 Å². The Morgan fingerprint density at radius 3 is 2.34 bits per heavy atom. The van der Waals surface area contributed by atoms with E-state index in [9.17, 15) is 14.7 Å². The fraction of sp³-hybridized carbons (Fsp3) is 0.333. The fourth-order valence-electron chi connectivity index (χ4n) is 4.30. The minimum absolute atomic E-state index is 0.187. The molecule has 0 saturated carbocycles. The first kappa shape index (κ1) is 19.2. The average molecular weight is 390 g/mol. The zero-order chi connectivity index (χ0) is 20.5. The normalized spacial score (nSPS) is 19.4. The van der Waals surface area contributed by atoms with E-state index >= 15 is 0 Å². The van der Waals surface area contributed by atoms with Gasteiger partial charge in [0, 0.05) is 30.9 Å². The third-order valence-corrected chi connectivity index (χ3v) is 5.79. The Labute approximate surface area is 171 Å². The summed E-state index contributed by atoms with van der Waals surface area (Å²) in [6.45, 7) is 5.81. The molecule has 29 heavy (non-hydrogen) atoms. The van der Waals surface area contributed by atoms with Crippen LogP contribution < -0.4 is 9.80 Å². The van der Waals surface area contributed by atoms with Crippen LogP contribution in [0.15, 0.2) is 59.9 Å². The monoisotopic (exact) mass is 390 g/mol. The van der Waals surface area contributed by atoms with Crippen molar-refractivity contribution < 1.29 is 14.7 Å². The quantitative estimate of drug-likeness (QED) is 0.818. The molecule has 1 saturated heterocycles. The van der Waals surface area contributed by atoms with Crippen LogP contribution in [0.4, 0.5) is 11.4 Å². The lowest BCUT2D eigenvalue weighted by molar-refractivity contribution is -0.118. The largest absolute Gasteiger partial charge is 0.503 e. The lowest BCUT2D eigenvalue weighted by Gasteiger charge is -2.28. The van der Waals surface area contributed by atoms with Gasteiger partial charge >= 0.3 is 0 Å². The third kappa shape index (κ3) is 3.41. The van der Waals surface area contributed by atoms with E-state index in [1.165, 1.54) is 12.8 Å². The minimum atomic E-state index is -0.618. The third-order valence-electron chi connectivity index (χ3n) is 5.79. The number of carbonyl (C=O) groups is 2. The van der Waals surface area contributed by atoms with Gasteiger partial charge in [-0.3, -0.25) is 14.5 Å². The lowest BCUT2D eigenvalue weighted by atomic mass is 9.94. The maximum atomic E-state index is 13.0. The summed E-state index contributed by atoms with van der Waals surface area (Å²) in [6, 6.07) is 15.0. The molecule has 0 aliphatic carbocycles. The second-order valence-corrected chi connectivity index (χ2v) is 7.74. The molecule has 1 unspecified atom stereocenters. The summed E-state index contributed by atoms with van der Waals surface area (Å²) in [6.07, 6.45) is 2.63. The molecule has 4 rings (SSSR count). The number of benzene rings is 2. The van der Waals surface area contributed by atoms with E-state index in [4.69, 9.17) is 0 Å². The van der Waals surface area contributed by atoms with E-state index < -0.39 is 17.7 Å². The molecule has 1 amide bonds. The number of Topliss-reactive ketones (excluding diaryl/α,β-unsaturated/α-hetero) is 1. The maximum Gasteiger partial charge on any atom is 0.294 e. The minimum Gasteiger partial charge on any atom is -0.503 e. The average Bonchev–Trinajstić information content (AvgIpc) is 3.35. The number of aliphatic hydroxyl groups is 1. The zero-order valence-corrected chi connectivity index (χ0v) is 16.9. The first-order chi connectivity index (χ1) is 14.0. The van der Waals surface area contributed by atoms with Gasteiger partial charge in [-0.1, -0.05) is 36.8 Å². The molecule has 2 heterocycles. The summed E-state index contributed by atoms with van der Waals surface area (Å²) in [5.41, 5.74) is 3.85. The van der Waals surface area contributed by atoms with Gasteiger partial charge in [0.05, 0.1) is 11.6 Å². The Morgan fingerprint density at radius 1 is 1.07 bits per heavy atom. The van der Waals surface area contributed by atoms with Gasteiger partial charge in [0.2, 0.25) is 0 Å². The molecule has 150 valence electrons. The van der Waals surface area contributed by atoms with Gasteiger partial charge in [-0.15, -0.1) is 0 Å². The van der Waals surface area contributed by atoms with Crippen LogP contribution in [-0.2, 0) is 9.59 Å². The number of hydrogen-bond donors (Lipinski definition) is 1. The van der Waals surface area contributed by atoms with Crippen molar-refractivity contribution in [3.8, 4) is 0 Å². The van der Waals surface area contributed by atoms with E-state index in [2.05, 4.69) is 4.90 Å². The number of carbonyl (C=O) groups excluding carboxylic acids is 2. The first-order valence-electron chi connectivity index (χ1n) is 10.2. The second-order valence-electron chi connectivity index (χ2n) is 7.74. The molecule has 5 heteroatoms. The van der Waals surface area contributed by atoms with Gasteiger partial charge in [-0.25, -0.2) is 0 Å². The Balaban J connectivity index is 1.76. The molecule has 1 fully saturated rings. The summed E-state index contributed by atoms with van der Waals surface area (Å²) in [4.78, 5) is 29.5. The van der Waals surface area contributed by atoms with Crippen molar-refractivity contribution in [1.82, 2.24) is 0 Å². The molecule has 2 aromatic carbocycles. The second kappa shape index (κ2) is 7.74. The van der Waals surface area contributed by atoms with E-state index in [1.54, 1.807) is 11.8 Å². The van der Waals surface area contributed by atoms with Crippen LogP contribution in [0.1, 0.15) is 43.4 Å². The molecule has 2 aromatic rings. The lowest BCUT2D eigenvalue weighted by Crippen LogP contribution is -2.31. The highest BCUT2D eigenvalue weighted by Gasteiger charge is 2.43. The highest BCUT2D eigenvalue weighted by Crippen LogP contribution is 2.41. The number of hydrogen-bond acceptors (Lipinski definition) is 4. The Hall–Kier alpha value is -3.08. The van der Waals surface area contributed by atoms with Crippen LogP contribution in [0, 0.1) is 6.92 Å². The van der Waals surface area contributed by atoms with E-state index in [0.717, 1.165) is 29.9 Å². The summed E-state index contributed by atoms with van der Waals surface area (Å²) >= 11 is 0. The van der Waals surface area contributed by atoms with Gasteiger partial charge in [0.25, 0.3) is 5.91 Å². The molecule has 5 nitrogen and oxygen atoms in total. The van der Waals surface area contributed by atoms with Gasteiger partial charge in [-0.05, 0) is 49.6 Å². The number of amides is 1. The summed E-state index contributed by atoms with van der Waals surface area (Å²) in [5, 5.41) is 10.6. The highest BCUT2D eigenvalue weighted by molar-refractivity contribution is 6.16. The SMILES string of the molecule is CCC(=O)C1=C(O)C(=O)N(c2ccc(N3CCCC3)cc2)C1c1cccc(C)c1. The van der Waals surface area contributed by atoms with Crippen molar-refractivity contribution in [2.45, 2.75) is 39.2 Å². The van der Waals surface area contributed by atoms with Crippen molar-refractivity contribution in [2.75, 3.05) is 22.9 Å². The van der Waals surface area contributed by atoms with E-state index in [-0.39, 0.29) is 17.8 Å². The van der Waals surface area contributed by atoms with Gasteiger partial charge in [-0.2, -0.15) is 0 Å². The number of nitrogens with zero attached hydrogens (tertiary/aromatic N) is 2. The van der Waals surface area contributed by atoms with Crippen LogP contribution >= 0.6 is 0 Å². The molecule has 0 aromatic heterocycles. The topological polar surface area (TPSA) is 60.9 Å². The number of anilines is 2. The van der Waals surface area contributed by atoms with Crippen LogP contribution in [0.25, 0.3) is 0 Å². The molecule has 2 aliphatic heterocycles.